The van der Waals surface area contributed by atoms with Crippen LogP contribution in [0.5, 0.6) is 0 Å². The van der Waals surface area contributed by atoms with Gasteiger partial charge in [0, 0.05) is 32.4 Å². The van der Waals surface area contributed by atoms with Crippen LogP contribution in [0.15, 0.2) is 23.1 Å². The molecule has 1 saturated heterocycles. The van der Waals surface area contributed by atoms with Crippen LogP contribution in [0.25, 0.3) is 11.0 Å². The largest absolute Gasteiger partial charge is 0.353 e. The smallest absolute Gasteiger partial charge is 0.243 e. The Bertz CT molecular complexity index is 803. The summed E-state index contributed by atoms with van der Waals surface area (Å²) in [7, 11) is 0. The summed E-state index contributed by atoms with van der Waals surface area (Å²) in [6.45, 7) is 7.63. The standard InChI is InChI=1S/C15H19N7O/c1-10(15-19-11(2)20-23-15)21-5-7-22(8-6-21)14-12-3-4-16-13(12)17-9-18-14/h3-4,9-10H,5-8H2,1-2H3,(H,16,17,18). The lowest BCUT2D eigenvalue weighted by Crippen LogP contribution is -2.47. The van der Waals surface area contributed by atoms with E-state index in [2.05, 4.69) is 41.8 Å². The first-order valence-corrected chi connectivity index (χ1v) is 7.79. The molecule has 8 nitrogen and oxygen atoms in total. The Morgan fingerprint density at radius 1 is 1.22 bits per heavy atom. The fraction of sp³-hybridized carbons (Fsp3) is 0.467. The molecule has 4 heterocycles. The van der Waals surface area contributed by atoms with Crippen molar-refractivity contribution in [2.45, 2.75) is 19.9 Å². The minimum absolute atomic E-state index is 0.135. The molecule has 0 radical (unpaired) electrons. The Morgan fingerprint density at radius 3 is 2.78 bits per heavy atom. The summed E-state index contributed by atoms with van der Waals surface area (Å²) in [5.74, 6) is 2.37. The number of fused-ring (bicyclic) bond motifs is 1. The number of nitrogens with zero attached hydrogens (tertiary/aromatic N) is 6. The number of hydrogen-bond acceptors (Lipinski definition) is 7. The van der Waals surface area contributed by atoms with Gasteiger partial charge in [-0.3, -0.25) is 4.90 Å². The lowest BCUT2D eigenvalue weighted by Gasteiger charge is -2.37. The third-order valence-electron chi connectivity index (χ3n) is 4.40. The number of anilines is 1. The second-order valence-corrected chi connectivity index (χ2v) is 5.82. The first-order valence-electron chi connectivity index (χ1n) is 7.79. The highest BCUT2D eigenvalue weighted by atomic mass is 16.5. The molecule has 3 aromatic rings. The third kappa shape index (κ3) is 2.55. The van der Waals surface area contributed by atoms with E-state index >= 15 is 0 Å². The number of H-pyrrole nitrogens is 1. The molecule has 120 valence electrons. The molecule has 3 aromatic heterocycles. The molecule has 1 unspecified atom stereocenters. The number of aryl methyl sites for hydroxylation is 1. The summed E-state index contributed by atoms with van der Waals surface area (Å²) in [5, 5.41) is 4.95. The molecule has 0 spiro atoms. The molecule has 0 aromatic carbocycles. The Hall–Kier alpha value is -2.48. The van der Waals surface area contributed by atoms with Crippen LogP contribution in [0.4, 0.5) is 5.82 Å². The van der Waals surface area contributed by atoms with Gasteiger partial charge >= 0.3 is 0 Å². The molecule has 1 fully saturated rings. The van der Waals surface area contributed by atoms with Crippen molar-refractivity contribution < 1.29 is 4.52 Å². The molecule has 1 aliphatic rings. The summed E-state index contributed by atoms with van der Waals surface area (Å²) >= 11 is 0. The lowest BCUT2D eigenvalue weighted by atomic mass is 10.2. The van der Waals surface area contributed by atoms with Gasteiger partial charge in [0.2, 0.25) is 5.89 Å². The van der Waals surface area contributed by atoms with Crippen LogP contribution < -0.4 is 4.90 Å². The molecule has 1 aliphatic heterocycles. The van der Waals surface area contributed by atoms with Crippen LogP contribution in [0.2, 0.25) is 0 Å². The van der Waals surface area contributed by atoms with E-state index in [1.807, 2.05) is 19.2 Å². The molecular weight excluding hydrogens is 294 g/mol. The lowest BCUT2D eigenvalue weighted by molar-refractivity contribution is 0.164. The quantitative estimate of drug-likeness (QED) is 0.784. The number of aromatic nitrogens is 5. The van der Waals surface area contributed by atoms with Crippen molar-refractivity contribution in [1.82, 2.24) is 30.0 Å². The van der Waals surface area contributed by atoms with E-state index in [1.54, 1.807) is 6.33 Å². The molecular formula is C15H19N7O. The highest BCUT2D eigenvalue weighted by molar-refractivity contribution is 5.87. The molecule has 0 aliphatic carbocycles. The Kier molecular flexibility index (Phi) is 3.45. The summed E-state index contributed by atoms with van der Waals surface area (Å²) in [5.41, 5.74) is 0.882. The topological polar surface area (TPSA) is 87.0 Å². The average molecular weight is 313 g/mol. The number of hydrogen-bond donors (Lipinski definition) is 1. The van der Waals surface area contributed by atoms with Crippen molar-refractivity contribution >= 4 is 16.9 Å². The fourth-order valence-electron chi connectivity index (χ4n) is 3.07. The highest BCUT2D eigenvalue weighted by Crippen LogP contribution is 2.25. The monoisotopic (exact) mass is 313 g/mol. The van der Waals surface area contributed by atoms with Crippen molar-refractivity contribution in [1.29, 1.82) is 0 Å². The van der Waals surface area contributed by atoms with E-state index < -0.39 is 0 Å². The summed E-state index contributed by atoms with van der Waals surface area (Å²) in [6.07, 6.45) is 3.52. The van der Waals surface area contributed by atoms with Crippen molar-refractivity contribution in [3.63, 3.8) is 0 Å². The van der Waals surface area contributed by atoms with Crippen LogP contribution in [-0.4, -0.2) is 56.2 Å². The molecule has 0 saturated carbocycles. The van der Waals surface area contributed by atoms with Crippen LogP contribution in [0, 0.1) is 6.92 Å². The van der Waals surface area contributed by atoms with Gasteiger partial charge in [-0.25, -0.2) is 9.97 Å². The Balaban J connectivity index is 1.48. The van der Waals surface area contributed by atoms with Crippen LogP contribution in [-0.2, 0) is 0 Å². The summed E-state index contributed by atoms with van der Waals surface area (Å²) < 4.78 is 5.30. The van der Waals surface area contributed by atoms with Crippen LogP contribution in [0.3, 0.4) is 0 Å². The minimum Gasteiger partial charge on any atom is -0.353 e. The van der Waals surface area contributed by atoms with Gasteiger partial charge < -0.3 is 14.4 Å². The third-order valence-corrected chi connectivity index (χ3v) is 4.40. The van der Waals surface area contributed by atoms with Crippen molar-refractivity contribution in [3.05, 3.63) is 30.3 Å². The van der Waals surface area contributed by atoms with Gasteiger partial charge in [-0.05, 0) is 19.9 Å². The first kappa shape index (κ1) is 14.1. The maximum absolute atomic E-state index is 5.30. The van der Waals surface area contributed by atoms with E-state index in [4.69, 9.17) is 4.52 Å². The van der Waals surface area contributed by atoms with Gasteiger partial charge in [0.25, 0.3) is 0 Å². The second kappa shape index (κ2) is 5.62. The van der Waals surface area contributed by atoms with E-state index in [9.17, 15) is 0 Å². The Labute approximate surface area is 133 Å². The molecule has 1 N–H and O–H groups in total. The number of aromatic amines is 1. The first-order chi connectivity index (χ1) is 11.2. The predicted octanol–water partition coefficient (Wildman–Crippen LogP) is 1.53. The van der Waals surface area contributed by atoms with E-state index in [-0.39, 0.29) is 6.04 Å². The molecule has 8 heteroatoms. The predicted molar refractivity (Wildman–Crippen MR) is 85.1 cm³/mol. The van der Waals surface area contributed by atoms with Gasteiger partial charge in [0.15, 0.2) is 5.82 Å². The van der Waals surface area contributed by atoms with Crippen LogP contribution >= 0.6 is 0 Å². The van der Waals surface area contributed by atoms with Gasteiger partial charge in [-0.1, -0.05) is 5.16 Å². The van der Waals surface area contributed by atoms with Crippen molar-refractivity contribution in [2.75, 3.05) is 31.1 Å². The molecule has 1 atom stereocenters. The zero-order chi connectivity index (χ0) is 15.8. The summed E-state index contributed by atoms with van der Waals surface area (Å²) in [4.78, 5) is 20.9. The molecule has 0 amide bonds. The maximum atomic E-state index is 5.30. The molecule has 0 bridgehead atoms. The average Bonchev–Trinajstić information content (AvgIpc) is 3.22. The zero-order valence-electron chi connectivity index (χ0n) is 13.2. The van der Waals surface area contributed by atoms with Gasteiger partial charge in [-0.2, -0.15) is 4.98 Å². The van der Waals surface area contributed by atoms with Crippen molar-refractivity contribution in [2.24, 2.45) is 0 Å². The Morgan fingerprint density at radius 2 is 2.04 bits per heavy atom. The highest BCUT2D eigenvalue weighted by Gasteiger charge is 2.26. The maximum Gasteiger partial charge on any atom is 0.243 e. The van der Waals surface area contributed by atoms with Gasteiger partial charge in [0.05, 0.1) is 11.4 Å². The zero-order valence-corrected chi connectivity index (χ0v) is 13.2. The number of nitrogens with one attached hydrogen (secondary N) is 1. The van der Waals surface area contributed by atoms with Crippen molar-refractivity contribution in [3.8, 4) is 0 Å². The number of rotatable bonds is 3. The van der Waals surface area contributed by atoms with Gasteiger partial charge in [-0.15, -0.1) is 0 Å². The fourth-order valence-corrected chi connectivity index (χ4v) is 3.07. The SMILES string of the molecule is Cc1noc(C(C)N2CCN(c3ncnc4[nH]ccc34)CC2)n1. The normalized spacial score (nSPS) is 17.7. The van der Waals surface area contributed by atoms with E-state index in [0.717, 1.165) is 43.0 Å². The van der Waals surface area contributed by atoms with Crippen LogP contribution in [0.1, 0.15) is 24.7 Å². The second-order valence-electron chi connectivity index (χ2n) is 5.82. The summed E-state index contributed by atoms with van der Waals surface area (Å²) in [6, 6.07) is 2.16. The molecule has 23 heavy (non-hydrogen) atoms. The van der Waals surface area contributed by atoms with E-state index in [0.29, 0.717) is 11.7 Å². The number of piperazine rings is 1. The minimum atomic E-state index is 0.135. The molecule has 4 rings (SSSR count). The van der Waals surface area contributed by atoms with Gasteiger partial charge in [0.1, 0.15) is 17.8 Å². The van der Waals surface area contributed by atoms with E-state index in [1.165, 1.54) is 0 Å².